The maximum atomic E-state index is 14.8. The Balaban J connectivity index is 1.27. The predicted octanol–water partition coefficient (Wildman–Crippen LogP) is 2.55. The van der Waals surface area contributed by atoms with Crippen molar-refractivity contribution in [2.45, 2.75) is 57.5 Å². The number of aryl methyl sites for hydroxylation is 1. The minimum absolute atomic E-state index is 0.198. The second kappa shape index (κ2) is 15.1. The van der Waals surface area contributed by atoms with Crippen LogP contribution in [-0.4, -0.2) is 81.0 Å². The van der Waals surface area contributed by atoms with E-state index in [1.165, 1.54) is 12.0 Å². The number of piperidine rings is 1. The number of amides is 3. The fourth-order valence-electron chi connectivity index (χ4n) is 4.67. The molecule has 3 amide bonds. The lowest BCUT2D eigenvalue weighted by molar-refractivity contribution is -0.274. The van der Waals surface area contributed by atoms with E-state index in [0.29, 0.717) is 13.0 Å². The smallest absolute Gasteiger partial charge is 0.406 e. The van der Waals surface area contributed by atoms with E-state index in [2.05, 4.69) is 25.7 Å². The molecule has 1 aromatic carbocycles. The second-order valence-corrected chi connectivity index (χ2v) is 10.4. The molecule has 1 fully saturated rings. The molecule has 2 atom stereocenters. The highest BCUT2D eigenvalue weighted by atomic mass is 19.4. The number of halogens is 6. The average Bonchev–Trinajstić information content (AvgIpc) is 3.50. The Morgan fingerprint density at radius 2 is 1.94 bits per heavy atom. The van der Waals surface area contributed by atoms with E-state index in [1.807, 2.05) is 0 Å². The molecule has 2 aromatic heterocycles. The number of benzene rings is 1. The molecule has 0 spiro atoms. The number of hydrogen-bond donors (Lipinski definition) is 2. The lowest BCUT2D eigenvalue weighted by atomic mass is 10.1. The molecule has 1 aliphatic heterocycles. The third-order valence-electron chi connectivity index (χ3n) is 7.08. The van der Waals surface area contributed by atoms with E-state index in [0.717, 1.165) is 52.3 Å². The van der Waals surface area contributed by atoms with Crippen LogP contribution in [0, 0.1) is 11.6 Å². The average molecular weight is 674 g/mol. The van der Waals surface area contributed by atoms with Crippen molar-refractivity contribution in [3.63, 3.8) is 0 Å². The molecular formula is C28H29F6N7O6. The van der Waals surface area contributed by atoms with E-state index < -0.39 is 72.0 Å². The topological polar surface area (TPSA) is 150 Å². The maximum absolute atomic E-state index is 14.8. The van der Waals surface area contributed by atoms with Gasteiger partial charge in [-0.15, -0.1) is 18.3 Å². The third kappa shape index (κ3) is 9.53. The van der Waals surface area contributed by atoms with E-state index in [4.69, 9.17) is 4.74 Å². The summed E-state index contributed by atoms with van der Waals surface area (Å²) in [5.41, 5.74) is -2.27. The van der Waals surface area contributed by atoms with Crippen molar-refractivity contribution in [2.24, 2.45) is 0 Å². The van der Waals surface area contributed by atoms with Gasteiger partial charge < -0.3 is 29.6 Å². The minimum atomic E-state index is -4.99. The van der Waals surface area contributed by atoms with Gasteiger partial charge in [0.1, 0.15) is 17.7 Å². The summed E-state index contributed by atoms with van der Waals surface area (Å²) >= 11 is 0. The van der Waals surface area contributed by atoms with Gasteiger partial charge in [0.25, 0.3) is 11.5 Å². The van der Waals surface area contributed by atoms with Crippen LogP contribution in [0.3, 0.4) is 0 Å². The van der Waals surface area contributed by atoms with Crippen molar-refractivity contribution < 1.29 is 50.2 Å². The van der Waals surface area contributed by atoms with Crippen molar-refractivity contribution >= 4 is 23.4 Å². The van der Waals surface area contributed by atoms with Crippen LogP contribution in [-0.2, 0) is 34.0 Å². The van der Waals surface area contributed by atoms with Gasteiger partial charge in [0.2, 0.25) is 5.82 Å². The van der Waals surface area contributed by atoms with E-state index in [1.54, 1.807) is 0 Å². The number of nitrogens with one attached hydrogen (secondary N) is 2. The van der Waals surface area contributed by atoms with Crippen LogP contribution < -0.4 is 20.9 Å². The van der Waals surface area contributed by atoms with Crippen LogP contribution >= 0.6 is 0 Å². The first kappa shape index (κ1) is 34.9. The Morgan fingerprint density at radius 3 is 2.66 bits per heavy atom. The molecule has 0 bridgehead atoms. The summed E-state index contributed by atoms with van der Waals surface area (Å²) in [7, 11) is 1.49. The highest BCUT2D eigenvalue weighted by Gasteiger charge is 2.31. The molecule has 0 radical (unpaired) electrons. The van der Waals surface area contributed by atoms with Gasteiger partial charge in [-0.1, -0.05) is 5.21 Å². The summed E-state index contributed by atoms with van der Waals surface area (Å²) in [6, 6.07) is 3.35. The molecule has 3 heterocycles. The first-order chi connectivity index (χ1) is 22.2. The summed E-state index contributed by atoms with van der Waals surface area (Å²) in [6.45, 7) is -0.687. The van der Waals surface area contributed by atoms with Gasteiger partial charge in [0.05, 0.1) is 24.5 Å². The van der Waals surface area contributed by atoms with Gasteiger partial charge in [-0.3, -0.25) is 19.2 Å². The van der Waals surface area contributed by atoms with Gasteiger partial charge in [-0.25, -0.2) is 13.5 Å². The molecule has 13 nitrogen and oxygen atoms in total. The number of carbonyl (C=O) groups excluding carboxylic acids is 3. The molecule has 2 unspecified atom stereocenters. The highest BCUT2D eigenvalue weighted by molar-refractivity contribution is 6.39. The Bertz CT molecular complexity index is 1660. The lowest BCUT2D eigenvalue weighted by Gasteiger charge is -2.31. The highest BCUT2D eigenvalue weighted by Crippen LogP contribution is 2.25. The molecule has 3 aromatic rings. The minimum Gasteiger partial charge on any atom is -0.406 e. The number of likely N-dealkylation sites (tertiary alicyclic amines) is 1. The standard InChI is InChI=1S/C28H29F6N7O6/c1-46-19-3-2-8-40(14-19)27(45)25(43)36-21-7-10-39(26(44)23(21)31)9-6-17(29)13-41-15-22(37-38-41)24(42)35-12-16-11-18(4-5-20(16)30)47-28(32,33)34/h4-5,7,10-11,15,17,19H,2-3,6,8-9,12-14H2,1H3,(H,35,42)(H,36,43). The zero-order chi connectivity index (χ0) is 34.3. The van der Waals surface area contributed by atoms with Crippen molar-refractivity contribution in [2.75, 3.05) is 25.5 Å². The number of rotatable bonds is 11. The molecular weight excluding hydrogens is 644 g/mol. The van der Waals surface area contributed by atoms with Crippen LogP contribution in [0.2, 0.25) is 0 Å². The lowest BCUT2D eigenvalue weighted by Crippen LogP contribution is -2.47. The molecule has 47 heavy (non-hydrogen) atoms. The van der Waals surface area contributed by atoms with Crippen molar-refractivity contribution in [3.05, 3.63) is 69.9 Å². The fourth-order valence-corrected chi connectivity index (χ4v) is 4.67. The molecule has 1 aliphatic rings. The molecule has 2 N–H and O–H groups in total. The van der Waals surface area contributed by atoms with E-state index >= 15 is 0 Å². The zero-order valence-corrected chi connectivity index (χ0v) is 24.7. The number of anilines is 1. The monoisotopic (exact) mass is 673 g/mol. The Kier molecular flexibility index (Phi) is 11.2. The van der Waals surface area contributed by atoms with Crippen molar-refractivity contribution in [1.82, 2.24) is 29.8 Å². The number of ether oxygens (including phenoxy) is 2. The number of methoxy groups -OCH3 is 1. The second-order valence-electron chi connectivity index (χ2n) is 10.4. The number of hydrogen-bond acceptors (Lipinski definition) is 8. The zero-order valence-electron chi connectivity index (χ0n) is 24.7. The van der Waals surface area contributed by atoms with Gasteiger partial charge in [0.15, 0.2) is 5.69 Å². The van der Waals surface area contributed by atoms with Crippen LogP contribution in [0.4, 0.5) is 32.0 Å². The van der Waals surface area contributed by atoms with Gasteiger partial charge >= 0.3 is 18.2 Å². The van der Waals surface area contributed by atoms with Crippen LogP contribution in [0.25, 0.3) is 0 Å². The summed E-state index contributed by atoms with van der Waals surface area (Å²) in [6.07, 6.45) is -3.61. The Labute approximate surface area is 262 Å². The Hall–Kier alpha value is -4.94. The number of carbonyl (C=O) groups is 3. The van der Waals surface area contributed by atoms with Crippen LogP contribution in [0.1, 0.15) is 35.3 Å². The van der Waals surface area contributed by atoms with Crippen molar-refractivity contribution in [1.29, 1.82) is 0 Å². The van der Waals surface area contributed by atoms with Gasteiger partial charge in [-0.05, 0) is 43.5 Å². The SMILES string of the molecule is COC1CCCN(C(=O)C(=O)Nc2ccn(CCC(F)Cn3cc(C(=O)NCc4cc(OC(F)(F)F)ccc4F)nn3)c(=O)c2F)C1. The van der Waals surface area contributed by atoms with Crippen LogP contribution in [0.5, 0.6) is 5.75 Å². The molecule has 0 aliphatic carbocycles. The Morgan fingerprint density at radius 1 is 1.17 bits per heavy atom. The fraction of sp³-hybridized carbons (Fsp3) is 0.429. The summed E-state index contributed by atoms with van der Waals surface area (Å²) in [5.74, 6) is -5.83. The van der Waals surface area contributed by atoms with Crippen LogP contribution in [0.15, 0.2) is 41.5 Å². The summed E-state index contributed by atoms with van der Waals surface area (Å²) in [5, 5.41) is 11.6. The molecule has 19 heteroatoms. The number of alkyl halides is 4. The predicted molar refractivity (Wildman–Crippen MR) is 150 cm³/mol. The normalized spacial score (nSPS) is 15.6. The number of pyridine rings is 1. The quantitative estimate of drug-likeness (QED) is 0.233. The molecule has 0 saturated carbocycles. The third-order valence-corrected chi connectivity index (χ3v) is 7.08. The maximum Gasteiger partial charge on any atom is 0.573 e. The molecule has 1 saturated heterocycles. The first-order valence-electron chi connectivity index (χ1n) is 14.1. The van der Waals surface area contributed by atoms with Crippen molar-refractivity contribution in [3.8, 4) is 5.75 Å². The largest absolute Gasteiger partial charge is 0.573 e. The number of aromatic nitrogens is 4. The molecule has 254 valence electrons. The van der Waals surface area contributed by atoms with Gasteiger partial charge in [-0.2, -0.15) is 4.39 Å². The molecule has 4 rings (SSSR count). The number of nitrogens with zero attached hydrogens (tertiary/aromatic N) is 5. The van der Waals surface area contributed by atoms with E-state index in [9.17, 15) is 45.5 Å². The summed E-state index contributed by atoms with van der Waals surface area (Å²) < 4.78 is 91.5. The van der Waals surface area contributed by atoms with E-state index in [-0.39, 0.29) is 36.9 Å². The van der Waals surface area contributed by atoms with Gasteiger partial charge in [0, 0.05) is 45.0 Å². The summed E-state index contributed by atoms with van der Waals surface area (Å²) in [4.78, 5) is 51.0. The first-order valence-corrected chi connectivity index (χ1v) is 14.1.